The normalized spacial score (nSPS) is 10.8. The second-order valence-corrected chi connectivity index (χ2v) is 4.88. The monoisotopic (exact) mass is 283 g/mol. The Hall–Kier alpha value is -2.70. The maximum Gasteiger partial charge on any atom is 0.248 e. The number of tetrazole rings is 1. The molecule has 0 radical (unpaired) electrons. The van der Waals surface area contributed by atoms with Crippen LogP contribution in [0.2, 0.25) is 0 Å². The first kappa shape index (κ1) is 13.3. The third-order valence-electron chi connectivity index (χ3n) is 3.55. The van der Waals surface area contributed by atoms with Gasteiger partial charge in [0.25, 0.3) is 0 Å². The number of aromatic nitrogens is 6. The third-order valence-corrected chi connectivity index (χ3v) is 3.55. The predicted molar refractivity (Wildman–Crippen MR) is 79.2 cm³/mol. The minimum atomic E-state index is 0.615. The molecule has 1 aromatic carbocycles. The van der Waals surface area contributed by atoms with Gasteiger partial charge in [0.05, 0.1) is 11.4 Å². The van der Waals surface area contributed by atoms with Crippen LogP contribution in [0.4, 0.5) is 5.95 Å². The first-order chi connectivity index (χ1) is 10.2. The van der Waals surface area contributed by atoms with Crippen molar-refractivity contribution in [3.05, 3.63) is 47.3 Å². The summed E-state index contributed by atoms with van der Waals surface area (Å²) in [5.74, 6) is 0.615. The van der Waals surface area contributed by atoms with E-state index in [0.717, 1.165) is 17.1 Å². The van der Waals surface area contributed by atoms with Crippen LogP contribution in [0, 0.1) is 13.8 Å². The van der Waals surface area contributed by atoms with E-state index in [1.165, 1.54) is 5.56 Å². The van der Waals surface area contributed by atoms with Crippen molar-refractivity contribution in [2.24, 2.45) is 7.05 Å². The van der Waals surface area contributed by atoms with Crippen LogP contribution in [0.3, 0.4) is 0 Å². The molecule has 0 aliphatic heterocycles. The number of rotatable bonds is 4. The summed E-state index contributed by atoms with van der Waals surface area (Å²) in [6.45, 7) is 4.69. The molecule has 0 aliphatic carbocycles. The van der Waals surface area contributed by atoms with Gasteiger partial charge in [-0.05, 0) is 36.4 Å². The molecular weight excluding hydrogens is 266 g/mol. The highest BCUT2D eigenvalue weighted by Crippen LogP contribution is 2.15. The van der Waals surface area contributed by atoms with Crippen LogP contribution >= 0.6 is 0 Å². The number of anilines is 1. The van der Waals surface area contributed by atoms with Crippen molar-refractivity contribution in [3.63, 3.8) is 0 Å². The van der Waals surface area contributed by atoms with Crippen LogP contribution in [-0.2, 0) is 13.6 Å². The molecule has 7 heteroatoms. The lowest BCUT2D eigenvalue weighted by Gasteiger charge is -2.07. The molecule has 7 nitrogen and oxygen atoms in total. The molecule has 3 rings (SSSR count). The summed E-state index contributed by atoms with van der Waals surface area (Å²) in [5, 5.41) is 19.5. The van der Waals surface area contributed by atoms with Gasteiger partial charge in [0.2, 0.25) is 5.95 Å². The van der Waals surface area contributed by atoms with Gasteiger partial charge in [0.1, 0.15) is 0 Å². The number of nitrogens with one attached hydrogen (secondary N) is 1. The van der Waals surface area contributed by atoms with Crippen molar-refractivity contribution in [1.29, 1.82) is 0 Å². The quantitative estimate of drug-likeness (QED) is 0.787. The van der Waals surface area contributed by atoms with Crippen LogP contribution < -0.4 is 5.32 Å². The maximum absolute atomic E-state index is 4.41. The minimum Gasteiger partial charge on any atom is -0.349 e. The van der Waals surface area contributed by atoms with Gasteiger partial charge < -0.3 is 5.32 Å². The van der Waals surface area contributed by atoms with Gasteiger partial charge in [-0.2, -0.15) is 9.78 Å². The summed E-state index contributed by atoms with van der Waals surface area (Å²) in [6, 6.07) is 9.79. The Morgan fingerprint density at radius 3 is 2.57 bits per heavy atom. The Balaban J connectivity index is 1.82. The molecule has 0 atom stereocenters. The van der Waals surface area contributed by atoms with Gasteiger partial charge in [-0.25, -0.2) is 0 Å². The second-order valence-electron chi connectivity index (χ2n) is 4.88. The van der Waals surface area contributed by atoms with Crippen LogP contribution in [0.15, 0.2) is 30.3 Å². The molecular formula is C14H17N7. The fraction of sp³-hybridized carbons (Fsp3) is 0.286. The number of hydrogen-bond donors (Lipinski definition) is 1. The molecule has 0 fully saturated rings. The van der Waals surface area contributed by atoms with E-state index in [1.807, 2.05) is 49.0 Å². The molecule has 3 aromatic rings. The Kier molecular flexibility index (Phi) is 3.39. The molecule has 2 heterocycles. The fourth-order valence-corrected chi connectivity index (χ4v) is 2.28. The van der Waals surface area contributed by atoms with Crippen molar-refractivity contribution in [2.45, 2.75) is 20.4 Å². The minimum absolute atomic E-state index is 0.615. The van der Waals surface area contributed by atoms with E-state index in [0.29, 0.717) is 12.5 Å². The van der Waals surface area contributed by atoms with Crippen molar-refractivity contribution < 1.29 is 0 Å². The Labute approximate surface area is 122 Å². The second kappa shape index (κ2) is 5.35. The van der Waals surface area contributed by atoms with E-state index in [2.05, 4.69) is 32.9 Å². The smallest absolute Gasteiger partial charge is 0.248 e. The molecule has 0 aliphatic rings. The number of hydrogen-bond acceptors (Lipinski definition) is 5. The number of aryl methyl sites for hydroxylation is 2. The Morgan fingerprint density at radius 2 is 1.90 bits per heavy atom. The highest BCUT2D eigenvalue weighted by Gasteiger charge is 2.12. The predicted octanol–water partition coefficient (Wildman–Crippen LogP) is 1.62. The van der Waals surface area contributed by atoms with Gasteiger partial charge in [-0.1, -0.05) is 23.3 Å². The van der Waals surface area contributed by atoms with E-state index in [-0.39, 0.29) is 0 Å². The zero-order valence-corrected chi connectivity index (χ0v) is 12.3. The van der Waals surface area contributed by atoms with E-state index >= 15 is 0 Å². The maximum atomic E-state index is 4.41. The van der Waals surface area contributed by atoms with E-state index in [4.69, 9.17) is 0 Å². The molecule has 0 unspecified atom stereocenters. The number of benzene rings is 1. The lowest BCUT2D eigenvalue weighted by atomic mass is 10.2. The lowest BCUT2D eigenvalue weighted by Crippen LogP contribution is -2.08. The Bertz CT molecular complexity index is 742. The highest BCUT2D eigenvalue weighted by atomic mass is 15.6. The third kappa shape index (κ3) is 2.49. The molecule has 1 N–H and O–H groups in total. The summed E-state index contributed by atoms with van der Waals surface area (Å²) in [5.41, 5.74) is 4.24. The average Bonchev–Trinajstić information content (AvgIpc) is 3.04. The largest absolute Gasteiger partial charge is 0.349 e. The summed E-state index contributed by atoms with van der Waals surface area (Å²) in [6.07, 6.45) is 0. The van der Waals surface area contributed by atoms with Crippen molar-refractivity contribution in [1.82, 2.24) is 30.0 Å². The molecule has 21 heavy (non-hydrogen) atoms. The van der Waals surface area contributed by atoms with Crippen LogP contribution in [0.25, 0.3) is 5.69 Å². The fourth-order valence-electron chi connectivity index (χ4n) is 2.28. The van der Waals surface area contributed by atoms with Crippen molar-refractivity contribution in [2.75, 3.05) is 5.32 Å². The summed E-state index contributed by atoms with van der Waals surface area (Å²) in [7, 11) is 1.94. The SMILES string of the molecule is Cc1nn(C)c(C)c1CNc1nnnn1-c1ccccc1. The number of para-hydroxylation sites is 1. The molecule has 108 valence electrons. The van der Waals surface area contributed by atoms with Crippen molar-refractivity contribution in [3.8, 4) is 5.69 Å². The standard InChI is InChI=1S/C14H17N7/c1-10-13(11(2)20(3)17-10)9-15-14-16-18-19-21(14)12-7-5-4-6-8-12/h4-8H,9H2,1-3H3,(H,15,16,19). The highest BCUT2D eigenvalue weighted by molar-refractivity contribution is 5.39. The van der Waals surface area contributed by atoms with Crippen LogP contribution in [-0.4, -0.2) is 30.0 Å². The summed E-state index contributed by atoms with van der Waals surface area (Å²) < 4.78 is 3.56. The average molecular weight is 283 g/mol. The van der Waals surface area contributed by atoms with Gasteiger partial charge in [-0.3, -0.25) is 4.68 Å². The number of nitrogens with zero attached hydrogens (tertiary/aromatic N) is 6. The first-order valence-electron chi connectivity index (χ1n) is 6.73. The molecule has 0 saturated carbocycles. The zero-order valence-electron chi connectivity index (χ0n) is 12.3. The topological polar surface area (TPSA) is 73.5 Å². The van der Waals surface area contributed by atoms with E-state index < -0.39 is 0 Å². The molecule has 2 aromatic heterocycles. The van der Waals surface area contributed by atoms with Gasteiger partial charge in [-0.15, -0.1) is 0 Å². The molecule has 0 saturated heterocycles. The molecule has 0 bridgehead atoms. The Morgan fingerprint density at radius 1 is 1.14 bits per heavy atom. The molecule has 0 spiro atoms. The van der Waals surface area contributed by atoms with Crippen LogP contribution in [0.1, 0.15) is 17.0 Å². The zero-order chi connectivity index (χ0) is 14.8. The van der Waals surface area contributed by atoms with Gasteiger partial charge in [0, 0.05) is 24.8 Å². The summed E-state index contributed by atoms with van der Waals surface area (Å²) in [4.78, 5) is 0. The van der Waals surface area contributed by atoms with Gasteiger partial charge in [0.15, 0.2) is 0 Å². The molecule has 0 amide bonds. The van der Waals surface area contributed by atoms with E-state index in [1.54, 1.807) is 4.68 Å². The lowest BCUT2D eigenvalue weighted by molar-refractivity contribution is 0.730. The van der Waals surface area contributed by atoms with Crippen molar-refractivity contribution >= 4 is 5.95 Å². The van der Waals surface area contributed by atoms with E-state index in [9.17, 15) is 0 Å². The van der Waals surface area contributed by atoms with Gasteiger partial charge >= 0.3 is 0 Å². The first-order valence-corrected chi connectivity index (χ1v) is 6.73. The van der Waals surface area contributed by atoms with Crippen LogP contribution in [0.5, 0.6) is 0 Å². The summed E-state index contributed by atoms with van der Waals surface area (Å²) >= 11 is 0.